The largest absolute Gasteiger partial charge is 0.334 e. The van der Waals surface area contributed by atoms with Crippen molar-refractivity contribution in [1.82, 2.24) is 0 Å². The van der Waals surface area contributed by atoms with E-state index in [0.717, 1.165) is 23.5 Å². The van der Waals surface area contributed by atoms with Crippen LogP contribution in [0.4, 0.5) is 28.4 Å². The molecule has 0 aliphatic heterocycles. The van der Waals surface area contributed by atoms with Gasteiger partial charge in [-0.25, -0.2) is 0 Å². The van der Waals surface area contributed by atoms with Crippen LogP contribution in [0.25, 0.3) is 44.5 Å². The maximum Gasteiger partial charge on any atom is 0.0559 e. The van der Waals surface area contributed by atoms with Crippen LogP contribution in [0, 0.1) is 0 Å². The van der Waals surface area contributed by atoms with Gasteiger partial charge in [0.15, 0.2) is 0 Å². The topological polar surface area (TPSA) is 6.48 Å². The number of allylic oxidation sites excluding steroid dienone is 2. The van der Waals surface area contributed by atoms with Crippen molar-refractivity contribution in [3.8, 4) is 44.5 Å². The zero-order chi connectivity index (χ0) is 39.8. The van der Waals surface area contributed by atoms with Crippen molar-refractivity contribution in [2.24, 2.45) is 0 Å². The lowest BCUT2D eigenvalue weighted by atomic mass is 9.82. The molecule has 0 amide bonds. The van der Waals surface area contributed by atoms with Crippen LogP contribution in [-0.4, -0.2) is 6.04 Å². The summed E-state index contributed by atoms with van der Waals surface area (Å²) in [7, 11) is 0. The minimum atomic E-state index is -0.115. The van der Waals surface area contributed by atoms with Gasteiger partial charge in [0.2, 0.25) is 0 Å². The fourth-order valence-electron chi connectivity index (χ4n) is 9.17. The number of fused-ring (bicyclic) bond motifs is 3. The van der Waals surface area contributed by atoms with Crippen LogP contribution in [0.15, 0.2) is 224 Å². The zero-order valence-corrected chi connectivity index (χ0v) is 33.5. The molecule has 0 bridgehead atoms. The molecule has 2 nitrogen and oxygen atoms in total. The Balaban J connectivity index is 1.09. The Hall–Kier alpha value is -7.16. The van der Waals surface area contributed by atoms with Crippen molar-refractivity contribution in [3.63, 3.8) is 0 Å². The summed E-state index contributed by atoms with van der Waals surface area (Å²) >= 11 is 0. The number of anilines is 5. The minimum absolute atomic E-state index is 0.115. The van der Waals surface area contributed by atoms with Crippen molar-refractivity contribution in [2.75, 3.05) is 9.80 Å². The summed E-state index contributed by atoms with van der Waals surface area (Å²) < 4.78 is 0. The predicted molar refractivity (Wildman–Crippen MR) is 250 cm³/mol. The summed E-state index contributed by atoms with van der Waals surface area (Å²) in [5.41, 5.74) is 18.2. The molecule has 2 heteroatoms. The lowest BCUT2D eigenvalue weighted by Gasteiger charge is -2.32. The molecule has 0 spiro atoms. The number of para-hydroxylation sites is 1. The van der Waals surface area contributed by atoms with Crippen molar-refractivity contribution in [3.05, 3.63) is 236 Å². The second-order valence-electron chi connectivity index (χ2n) is 16.1. The Kier molecular flexibility index (Phi) is 9.39. The Morgan fingerprint density at radius 3 is 1.59 bits per heavy atom. The van der Waals surface area contributed by atoms with Crippen molar-refractivity contribution < 1.29 is 0 Å². The van der Waals surface area contributed by atoms with Gasteiger partial charge in [0.05, 0.1) is 6.04 Å². The average Bonchev–Trinajstić information content (AvgIpc) is 3.53. The van der Waals surface area contributed by atoms with Gasteiger partial charge in [-0.3, -0.25) is 0 Å². The van der Waals surface area contributed by atoms with E-state index in [9.17, 15) is 0 Å². The van der Waals surface area contributed by atoms with E-state index >= 15 is 0 Å². The van der Waals surface area contributed by atoms with Crippen LogP contribution in [-0.2, 0) is 5.41 Å². The van der Waals surface area contributed by atoms with E-state index in [1.54, 1.807) is 0 Å². The van der Waals surface area contributed by atoms with Crippen LogP contribution in [0.3, 0.4) is 0 Å². The van der Waals surface area contributed by atoms with Gasteiger partial charge in [0.1, 0.15) is 0 Å². The van der Waals surface area contributed by atoms with Crippen molar-refractivity contribution in [2.45, 2.75) is 31.7 Å². The third-order valence-corrected chi connectivity index (χ3v) is 12.2. The molecule has 0 saturated carbocycles. The highest BCUT2D eigenvalue weighted by atomic mass is 15.2. The Bertz CT molecular complexity index is 2800. The Morgan fingerprint density at radius 1 is 0.390 bits per heavy atom. The molecule has 1 unspecified atom stereocenters. The van der Waals surface area contributed by atoms with Gasteiger partial charge in [-0.2, -0.15) is 0 Å². The molecule has 284 valence electrons. The Morgan fingerprint density at radius 2 is 0.898 bits per heavy atom. The first-order chi connectivity index (χ1) is 29.0. The van der Waals surface area contributed by atoms with E-state index in [1.165, 1.54) is 67.0 Å². The number of hydrogen-bond acceptors (Lipinski definition) is 2. The fourth-order valence-corrected chi connectivity index (χ4v) is 9.17. The predicted octanol–water partition coefficient (Wildman–Crippen LogP) is 15.5. The van der Waals surface area contributed by atoms with Crippen LogP contribution < -0.4 is 9.80 Å². The molecule has 2 aliphatic rings. The van der Waals surface area contributed by atoms with Gasteiger partial charge in [-0.1, -0.05) is 178 Å². The molecular weight excluding hydrogens is 713 g/mol. The molecule has 0 N–H and O–H groups in total. The van der Waals surface area contributed by atoms with Crippen molar-refractivity contribution in [1.29, 1.82) is 0 Å². The summed E-state index contributed by atoms with van der Waals surface area (Å²) in [5.74, 6) is 0. The minimum Gasteiger partial charge on any atom is -0.334 e. The first-order valence-corrected chi connectivity index (χ1v) is 20.7. The smallest absolute Gasteiger partial charge is 0.0559 e. The molecular formula is C57H46N2. The molecule has 0 radical (unpaired) electrons. The molecule has 0 fully saturated rings. The Labute approximate surface area is 348 Å². The first-order valence-electron chi connectivity index (χ1n) is 20.7. The molecule has 0 saturated heterocycles. The zero-order valence-electron chi connectivity index (χ0n) is 33.5. The van der Waals surface area contributed by atoms with Gasteiger partial charge >= 0.3 is 0 Å². The van der Waals surface area contributed by atoms with E-state index < -0.39 is 0 Å². The normalized spacial score (nSPS) is 14.7. The highest BCUT2D eigenvalue weighted by molar-refractivity contribution is 5.91. The highest BCUT2D eigenvalue weighted by Gasteiger charge is 2.35. The summed E-state index contributed by atoms with van der Waals surface area (Å²) in [6, 6.07) is 73.5. The second kappa shape index (κ2) is 15.3. The summed E-state index contributed by atoms with van der Waals surface area (Å²) in [4.78, 5) is 4.87. The van der Waals surface area contributed by atoms with E-state index in [4.69, 9.17) is 0 Å². The molecule has 8 aromatic carbocycles. The van der Waals surface area contributed by atoms with Gasteiger partial charge in [-0.15, -0.1) is 0 Å². The maximum atomic E-state index is 2.45. The average molecular weight is 759 g/mol. The second-order valence-corrected chi connectivity index (χ2v) is 16.1. The van der Waals surface area contributed by atoms with E-state index in [2.05, 4.69) is 248 Å². The summed E-state index contributed by atoms with van der Waals surface area (Å²) in [5, 5.41) is 0. The third kappa shape index (κ3) is 6.77. The van der Waals surface area contributed by atoms with E-state index in [-0.39, 0.29) is 11.5 Å². The lowest BCUT2D eigenvalue weighted by molar-refractivity contribution is 0.660. The van der Waals surface area contributed by atoms with E-state index in [1.807, 2.05) is 0 Å². The van der Waals surface area contributed by atoms with Gasteiger partial charge in [-0.05, 0) is 123 Å². The number of nitrogens with zero attached hydrogens (tertiary/aromatic N) is 2. The number of rotatable bonds is 9. The van der Waals surface area contributed by atoms with E-state index in [0.29, 0.717) is 0 Å². The molecule has 2 aliphatic carbocycles. The molecule has 0 heterocycles. The third-order valence-electron chi connectivity index (χ3n) is 12.2. The highest BCUT2D eigenvalue weighted by Crippen LogP contribution is 2.51. The molecule has 0 aromatic heterocycles. The summed E-state index contributed by atoms with van der Waals surface area (Å²) in [6.45, 7) is 4.71. The van der Waals surface area contributed by atoms with Crippen LogP contribution >= 0.6 is 0 Å². The van der Waals surface area contributed by atoms with Crippen LogP contribution in [0.5, 0.6) is 0 Å². The lowest BCUT2D eigenvalue weighted by Crippen LogP contribution is -2.29. The van der Waals surface area contributed by atoms with Crippen LogP contribution in [0.1, 0.15) is 31.4 Å². The van der Waals surface area contributed by atoms with Gasteiger partial charge in [0.25, 0.3) is 0 Å². The number of benzene rings is 8. The number of hydrogen-bond donors (Lipinski definition) is 0. The van der Waals surface area contributed by atoms with Gasteiger partial charge in [0, 0.05) is 33.9 Å². The fraction of sp³-hybridized carbons (Fsp3) is 0.0877. The molecule has 8 aromatic rings. The standard InChI is InChI=1S/C57H46N2/c1-57(2)55-26-16-15-25-52(55)53-38-36-50(40-56(53)57)59(48-31-27-42(28-32-48)41-17-7-3-8-18-41)49-35-37-51(54(39-49)43-19-9-4-10-20-43)44-29-33-47(34-30-44)58(45-21-11-5-12-22-45)46-23-13-6-14-24-46/h3-23,25-40,46H,24H2,1-2H3. The first kappa shape index (κ1) is 36.2. The molecule has 10 rings (SSSR count). The van der Waals surface area contributed by atoms with Crippen molar-refractivity contribution >= 4 is 28.4 Å². The van der Waals surface area contributed by atoms with Crippen LogP contribution in [0.2, 0.25) is 0 Å². The molecule has 1 atom stereocenters. The molecule has 59 heavy (non-hydrogen) atoms. The SMILES string of the molecule is CC1(C)c2ccccc2-c2ccc(N(c3ccc(-c4ccccc4)cc3)c3ccc(-c4ccc(N(c5ccccc5)C5C=CC=CC5)cc4)c(-c4ccccc4)c3)cc21. The quantitative estimate of drug-likeness (QED) is 0.145. The summed E-state index contributed by atoms with van der Waals surface area (Å²) in [6.07, 6.45) is 9.83. The monoisotopic (exact) mass is 758 g/mol. The maximum absolute atomic E-state index is 2.45. The van der Waals surface area contributed by atoms with Gasteiger partial charge < -0.3 is 9.80 Å².